The van der Waals surface area contributed by atoms with Gasteiger partial charge in [0.05, 0.1) is 23.5 Å². The van der Waals surface area contributed by atoms with Crippen molar-refractivity contribution in [2.75, 3.05) is 70.5 Å². The molecular formula is C32H42BrF3N8O3S. The van der Waals surface area contributed by atoms with Gasteiger partial charge in [-0.3, -0.25) is 9.69 Å². The minimum Gasteiger partial charge on any atom is -0.397 e. The quantitative estimate of drug-likeness (QED) is 0.375. The number of nitrogens with zero attached hydrogens (tertiary/aromatic N) is 5. The SMILES string of the molecule is CN1CCC(N2CCN(C(=O)[C@@H](Cc3cc(Br)c(N)c(C(F)(F)F)c3)NC(=O)N3CCC(N4Cc5sccc5NC4=O)CC3)CC2)CC1. The summed E-state index contributed by atoms with van der Waals surface area (Å²) in [6.07, 6.45) is -1.53. The number of likely N-dealkylation sites (tertiary alicyclic amines) is 2. The fraction of sp³-hybridized carbons (Fsp3) is 0.594. The molecule has 0 unspecified atom stereocenters. The average Bonchev–Trinajstić information content (AvgIpc) is 3.52. The Balaban J connectivity index is 1.13. The van der Waals surface area contributed by atoms with Gasteiger partial charge in [-0.05, 0) is 90.9 Å². The summed E-state index contributed by atoms with van der Waals surface area (Å²) in [5.41, 5.74) is 5.40. The number of hydrogen-bond acceptors (Lipinski definition) is 7. The van der Waals surface area contributed by atoms with E-state index in [1.165, 1.54) is 6.07 Å². The number of fused-ring (bicyclic) bond motifs is 1. The van der Waals surface area contributed by atoms with E-state index in [0.29, 0.717) is 64.7 Å². The first-order chi connectivity index (χ1) is 22.9. The van der Waals surface area contributed by atoms with Gasteiger partial charge in [0, 0.05) is 67.1 Å². The van der Waals surface area contributed by atoms with Crippen LogP contribution in [0.4, 0.5) is 34.1 Å². The van der Waals surface area contributed by atoms with Gasteiger partial charge in [0.1, 0.15) is 6.04 Å². The first-order valence-electron chi connectivity index (χ1n) is 16.4. The second-order valence-corrected chi connectivity index (χ2v) is 15.0. The van der Waals surface area contributed by atoms with E-state index in [0.717, 1.165) is 42.6 Å². The van der Waals surface area contributed by atoms with Gasteiger partial charge < -0.3 is 36.0 Å². The summed E-state index contributed by atoms with van der Waals surface area (Å²) >= 11 is 4.74. The van der Waals surface area contributed by atoms with Gasteiger partial charge in [-0.1, -0.05) is 0 Å². The van der Waals surface area contributed by atoms with E-state index in [4.69, 9.17) is 5.73 Å². The zero-order valence-electron chi connectivity index (χ0n) is 26.9. The third-order valence-corrected chi connectivity index (χ3v) is 11.7. The van der Waals surface area contributed by atoms with Gasteiger partial charge in [-0.2, -0.15) is 13.2 Å². The topological polar surface area (TPSA) is 117 Å². The van der Waals surface area contributed by atoms with E-state index in [1.54, 1.807) is 21.1 Å². The molecule has 0 spiro atoms. The largest absolute Gasteiger partial charge is 0.418 e. The molecule has 2 aromatic rings. The van der Waals surface area contributed by atoms with E-state index in [2.05, 4.69) is 43.4 Å². The molecule has 1 aromatic heterocycles. The van der Waals surface area contributed by atoms with Gasteiger partial charge >= 0.3 is 18.2 Å². The third-order valence-electron chi connectivity index (χ3n) is 10.1. The number of anilines is 2. The van der Waals surface area contributed by atoms with Crippen molar-refractivity contribution in [1.29, 1.82) is 0 Å². The summed E-state index contributed by atoms with van der Waals surface area (Å²) in [6, 6.07) is 3.06. The standard InChI is InChI=1S/C32H42BrF3N8O3S/c1-40-7-2-21(3-8-40)41-11-13-42(14-12-41)29(45)26(18-20-16-23(32(34,35)36)28(37)24(33)17-20)39-30(46)43-9-4-22(5-10-43)44-19-27-25(6-15-48-27)38-31(44)47/h6,15-17,21-22,26H,2-5,7-14,18-19,37H2,1H3,(H,38,47)(H,39,46)/t26-/m1/s1. The minimum atomic E-state index is -4.68. The number of benzene rings is 1. The highest BCUT2D eigenvalue weighted by molar-refractivity contribution is 9.10. The molecule has 0 saturated carbocycles. The fourth-order valence-electron chi connectivity index (χ4n) is 7.25. The van der Waals surface area contributed by atoms with Crippen molar-refractivity contribution in [3.63, 3.8) is 0 Å². The molecule has 4 aliphatic rings. The summed E-state index contributed by atoms with van der Waals surface area (Å²) in [7, 11) is 2.12. The number of alkyl halides is 3. The normalized spacial score (nSPS) is 21.2. The zero-order chi connectivity index (χ0) is 34.2. The van der Waals surface area contributed by atoms with Crippen molar-refractivity contribution in [1.82, 2.24) is 29.8 Å². The molecule has 0 bridgehead atoms. The van der Waals surface area contributed by atoms with Gasteiger partial charge in [0.15, 0.2) is 0 Å². The molecule has 16 heteroatoms. The number of nitrogens with one attached hydrogen (secondary N) is 2. The number of carbonyl (C=O) groups excluding carboxylic acids is 3. The molecule has 11 nitrogen and oxygen atoms in total. The first-order valence-corrected chi connectivity index (χ1v) is 18.1. The van der Waals surface area contributed by atoms with Crippen molar-refractivity contribution in [3.8, 4) is 0 Å². The van der Waals surface area contributed by atoms with E-state index in [9.17, 15) is 27.6 Å². The van der Waals surface area contributed by atoms with Crippen molar-refractivity contribution in [2.45, 2.75) is 63.0 Å². The molecule has 0 radical (unpaired) electrons. The highest BCUT2D eigenvalue weighted by Crippen LogP contribution is 2.38. The molecule has 3 saturated heterocycles. The predicted molar refractivity (Wildman–Crippen MR) is 182 cm³/mol. The molecule has 1 aromatic carbocycles. The number of amides is 5. The molecule has 4 N–H and O–H groups in total. The second-order valence-electron chi connectivity index (χ2n) is 13.2. The number of halogens is 4. The van der Waals surface area contributed by atoms with Crippen LogP contribution in [0.25, 0.3) is 0 Å². The lowest BCUT2D eigenvalue weighted by Gasteiger charge is -2.43. The van der Waals surface area contributed by atoms with Crippen LogP contribution in [-0.4, -0.2) is 120 Å². The maximum Gasteiger partial charge on any atom is 0.418 e. The van der Waals surface area contributed by atoms with Crippen LogP contribution >= 0.6 is 27.3 Å². The molecule has 1 atom stereocenters. The number of piperidine rings is 2. The van der Waals surface area contributed by atoms with Crippen LogP contribution in [0.15, 0.2) is 28.1 Å². The summed E-state index contributed by atoms with van der Waals surface area (Å²) < 4.78 is 41.5. The lowest BCUT2D eigenvalue weighted by Crippen LogP contribution is -2.59. The molecule has 5 amide bonds. The minimum absolute atomic E-state index is 0.0458. The molecule has 48 heavy (non-hydrogen) atoms. The van der Waals surface area contributed by atoms with Crippen molar-refractivity contribution in [2.24, 2.45) is 0 Å². The smallest absolute Gasteiger partial charge is 0.397 e. The summed E-state index contributed by atoms with van der Waals surface area (Å²) in [5.74, 6) is -0.320. The fourth-order valence-corrected chi connectivity index (χ4v) is 8.59. The van der Waals surface area contributed by atoms with Crippen LogP contribution in [0.3, 0.4) is 0 Å². The van der Waals surface area contributed by atoms with Crippen LogP contribution in [0.1, 0.15) is 41.7 Å². The maximum absolute atomic E-state index is 14.0. The molecule has 0 aliphatic carbocycles. The van der Waals surface area contributed by atoms with Crippen LogP contribution < -0.4 is 16.4 Å². The molecule has 6 rings (SSSR count). The first kappa shape index (κ1) is 34.8. The maximum atomic E-state index is 14.0. The van der Waals surface area contributed by atoms with E-state index in [-0.39, 0.29) is 34.4 Å². The molecule has 5 heterocycles. The summed E-state index contributed by atoms with van der Waals surface area (Å²) in [4.78, 5) is 51.4. The lowest BCUT2D eigenvalue weighted by molar-refractivity contribution is -0.137. The average molecular weight is 756 g/mol. The number of nitrogen functional groups attached to an aromatic ring is 1. The zero-order valence-corrected chi connectivity index (χ0v) is 29.3. The monoisotopic (exact) mass is 754 g/mol. The Morgan fingerprint density at radius 3 is 2.35 bits per heavy atom. The summed E-state index contributed by atoms with van der Waals surface area (Å²) in [6.45, 7) is 5.71. The number of rotatable bonds is 6. The Bertz CT molecular complexity index is 1500. The molecule has 4 aliphatic heterocycles. The number of thiophene rings is 1. The third kappa shape index (κ3) is 7.71. The van der Waals surface area contributed by atoms with Crippen LogP contribution in [0.2, 0.25) is 0 Å². The Kier molecular flexibility index (Phi) is 10.4. The van der Waals surface area contributed by atoms with E-state index >= 15 is 0 Å². The van der Waals surface area contributed by atoms with Crippen molar-refractivity contribution < 1.29 is 27.6 Å². The number of piperazine rings is 1. The van der Waals surface area contributed by atoms with Gasteiger partial charge in [0.25, 0.3) is 0 Å². The summed E-state index contributed by atoms with van der Waals surface area (Å²) in [5, 5.41) is 7.75. The highest BCUT2D eigenvalue weighted by Gasteiger charge is 2.38. The van der Waals surface area contributed by atoms with Crippen LogP contribution in [0.5, 0.6) is 0 Å². The van der Waals surface area contributed by atoms with Crippen LogP contribution in [0, 0.1) is 0 Å². The Labute approximate surface area is 290 Å². The second kappa shape index (κ2) is 14.4. The molecular weight excluding hydrogens is 713 g/mol. The predicted octanol–water partition coefficient (Wildman–Crippen LogP) is 4.48. The van der Waals surface area contributed by atoms with Gasteiger partial charge in [0.2, 0.25) is 5.91 Å². The lowest BCUT2D eigenvalue weighted by atomic mass is 10.00. The Morgan fingerprint density at radius 1 is 1.02 bits per heavy atom. The van der Waals surface area contributed by atoms with Crippen molar-refractivity contribution >= 4 is 56.6 Å². The Hall–Kier alpha value is -3.08. The number of urea groups is 2. The van der Waals surface area contributed by atoms with Gasteiger partial charge in [-0.15, -0.1) is 11.3 Å². The number of carbonyl (C=O) groups is 3. The van der Waals surface area contributed by atoms with E-state index in [1.807, 2.05) is 16.3 Å². The Morgan fingerprint density at radius 2 is 1.69 bits per heavy atom. The van der Waals surface area contributed by atoms with Crippen LogP contribution in [-0.2, 0) is 23.9 Å². The molecule has 3 fully saturated rings. The van der Waals surface area contributed by atoms with Crippen molar-refractivity contribution in [3.05, 3.63) is 44.1 Å². The van der Waals surface area contributed by atoms with Gasteiger partial charge in [-0.25, -0.2) is 9.59 Å². The van der Waals surface area contributed by atoms with E-state index < -0.39 is 29.5 Å². The highest BCUT2D eigenvalue weighted by atomic mass is 79.9. The number of hydrogen-bond donors (Lipinski definition) is 3. The molecule has 262 valence electrons. The number of nitrogens with two attached hydrogens (primary N) is 1.